The number of para-hydroxylation sites is 1. The number of imide groups is 1. The first kappa shape index (κ1) is 19.7. The molecular formula is C17H20ClN3O5. The number of nitrogens with zero attached hydrogens (tertiary/aromatic N) is 2. The molecule has 1 aliphatic heterocycles. The summed E-state index contributed by atoms with van der Waals surface area (Å²) in [7, 11) is 1.54. The largest absolute Gasteiger partial charge is 0.453 e. The fourth-order valence-electron chi connectivity index (χ4n) is 2.38. The number of hydrogen-bond donors (Lipinski definition) is 1. The Bertz CT molecular complexity index is 724. The van der Waals surface area contributed by atoms with Gasteiger partial charge in [-0.25, -0.2) is 4.79 Å². The van der Waals surface area contributed by atoms with Crippen LogP contribution in [-0.2, 0) is 19.1 Å². The van der Waals surface area contributed by atoms with Gasteiger partial charge in [0.15, 0.2) is 6.10 Å². The van der Waals surface area contributed by atoms with E-state index in [2.05, 4.69) is 5.32 Å². The fraction of sp³-hybridized carbons (Fsp3) is 0.412. The third kappa shape index (κ3) is 4.95. The van der Waals surface area contributed by atoms with Crippen molar-refractivity contribution in [2.75, 3.05) is 25.5 Å². The summed E-state index contributed by atoms with van der Waals surface area (Å²) < 4.78 is 5.07. The van der Waals surface area contributed by atoms with Crippen LogP contribution >= 0.6 is 11.6 Å². The maximum absolute atomic E-state index is 12.1. The second-order valence-corrected chi connectivity index (χ2v) is 6.30. The van der Waals surface area contributed by atoms with Gasteiger partial charge in [0.1, 0.15) is 6.54 Å². The lowest BCUT2D eigenvalue weighted by Gasteiger charge is -2.15. The molecule has 0 bridgehead atoms. The van der Waals surface area contributed by atoms with E-state index < -0.39 is 18.0 Å². The summed E-state index contributed by atoms with van der Waals surface area (Å²) in [4.78, 5) is 49.6. The number of esters is 1. The van der Waals surface area contributed by atoms with Gasteiger partial charge in [-0.2, -0.15) is 0 Å². The summed E-state index contributed by atoms with van der Waals surface area (Å²) in [5, 5.41) is 2.96. The third-order valence-electron chi connectivity index (χ3n) is 3.80. The molecule has 1 aromatic rings. The van der Waals surface area contributed by atoms with Crippen LogP contribution in [0.4, 0.5) is 10.5 Å². The van der Waals surface area contributed by atoms with Crippen LogP contribution in [0.2, 0.25) is 5.02 Å². The summed E-state index contributed by atoms with van der Waals surface area (Å²) in [6.45, 7) is 1.63. The number of carbonyl (C=O) groups is 4. The van der Waals surface area contributed by atoms with Gasteiger partial charge in [-0.3, -0.25) is 19.3 Å². The zero-order chi connectivity index (χ0) is 19.3. The summed E-state index contributed by atoms with van der Waals surface area (Å²) in [5.41, 5.74) is 0.428. The predicted octanol–water partition coefficient (Wildman–Crippen LogP) is 1.88. The van der Waals surface area contributed by atoms with E-state index in [1.54, 1.807) is 24.3 Å². The first-order valence-corrected chi connectivity index (χ1v) is 8.47. The first-order chi connectivity index (χ1) is 12.3. The number of carbonyl (C=O) groups excluding carboxylic acids is 4. The van der Waals surface area contributed by atoms with E-state index in [4.69, 9.17) is 16.3 Å². The highest BCUT2D eigenvalue weighted by Gasteiger charge is 2.33. The van der Waals surface area contributed by atoms with Gasteiger partial charge in [-0.05, 0) is 25.5 Å². The molecule has 0 aliphatic carbocycles. The second-order valence-electron chi connectivity index (χ2n) is 5.89. The van der Waals surface area contributed by atoms with Crippen LogP contribution in [0.25, 0.3) is 0 Å². The molecule has 1 N–H and O–H groups in total. The summed E-state index contributed by atoms with van der Waals surface area (Å²) in [5.74, 6) is -1.38. The standard InChI is InChI=1S/C17H20ClN3O5/c1-11(16(24)19-13-7-4-3-6-12(13)18)26-15(23)8-5-9-21-14(22)10-20(2)17(21)25/h3-4,6-7,11H,5,8-10H2,1-2H3,(H,19,24)/t11-/m1/s1. The highest BCUT2D eigenvalue weighted by atomic mass is 35.5. The van der Waals surface area contributed by atoms with Crippen LogP contribution in [0.3, 0.4) is 0 Å². The molecule has 1 heterocycles. The van der Waals surface area contributed by atoms with Gasteiger partial charge < -0.3 is 15.0 Å². The van der Waals surface area contributed by atoms with Crippen molar-refractivity contribution in [1.29, 1.82) is 0 Å². The van der Waals surface area contributed by atoms with E-state index in [1.165, 1.54) is 18.9 Å². The van der Waals surface area contributed by atoms with Gasteiger partial charge in [0.2, 0.25) is 5.91 Å². The molecule has 1 fully saturated rings. The minimum absolute atomic E-state index is 0.00944. The van der Waals surface area contributed by atoms with Crippen molar-refractivity contribution in [2.24, 2.45) is 0 Å². The van der Waals surface area contributed by atoms with Crippen LogP contribution < -0.4 is 5.32 Å². The Kier molecular flexibility index (Phi) is 6.57. The molecule has 1 atom stereocenters. The summed E-state index contributed by atoms with van der Waals surface area (Å²) >= 11 is 5.96. The molecular weight excluding hydrogens is 362 g/mol. The van der Waals surface area contributed by atoms with Crippen molar-refractivity contribution in [3.63, 3.8) is 0 Å². The molecule has 8 nitrogen and oxygen atoms in total. The minimum atomic E-state index is -1.00. The zero-order valence-corrected chi connectivity index (χ0v) is 15.3. The van der Waals surface area contributed by atoms with Gasteiger partial charge in [-0.15, -0.1) is 0 Å². The van der Waals surface area contributed by atoms with Gasteiger partial charge in [0.05, 0.1) is 10.7 Å². The predicted molar refractivity (Wildman–Crippen MR) is 94.6 cm³/mol. The number of benzene rings is 1. The number of hydrogen-bond acceptors (Lipinski definition) is 5. The lowest BCUT2D eigenvalue weighted by atomic mass is 10.2. The monoisotopic (exact) mass is 381 g/mol. The minimum Gasteiger partial charge on any atom is -0.453 e. The van der Waals surface area contributed by atoms with E-state index in [9.17, 15) is 19.2 Å². The van der Waals surface area contributed by atoms with Crippen LogP contribution in [0, 0.1) is 0 Å². The van der Waals surface area contributed by atoms with E-state index in [1.807, 2.05) is 0 Å². The van der Waals surface area contributed by atoms with Crippen molar-refractivity contribution in [3.05, 3.63) is 29.3 Å². The van der Waals surface area contributed by atoms with Crippen molar-refractivity contribution in [3.8, 4) is 0 Å². The highest BCUT2D eigenvalue weighted by molar-refractivity contribution is 6.33. The molecule has 9 heteroatoms. The number of ether oxygens (including phenoxy) is 1. The number of likely N-dealkylation sites (N-methyl/N-ethyl adjacent to an activating group) is 1. The molecule has 0 radical (unpaired) electrons. The van der Waals surface area contributed by atoms with Crippen LogP contribution in [0.5, 0.6) is 0 Å². The van der Waals surface area contributed by atoms with Crippen molar-refractivity contribution in [2.45, 2.75) is 25.9 Å². The van der Waals surface area contributed by atoms with Crippen LogP contribution in [0.15, 0.2) is 24.3 Å². The SMILES string of the molecule is C[C@@H](OC(=O)CCCN1C(=O)CN(C)C1=O)C(=O)Nc1ccccc1Cl. The van der Waals surface area contributed by atoms with E-state index in [-0.39, 0.29) is 37.9 Å². The smallest absolute Gasteiger partial charge is 0.326 e. The molecule has 26 heavy (non-hydrogen) atoms. The van der Waals surface area contributed by atoms with Crippen LogP contribution in [-0.4, -0.2) is 59.9 Å². The molecule has 1 saturated heterocycles. The zero-order valence-electron chi connectivity index (χ0n) is 14.5. The third-order valence-corrected chi connectivity index (χ3v) is 4.13. The van der Waals surface area contributed by atoms with Gasteiger partial charge in [0, 0.05) is 20.0 Å². The molecule has 140 valence electrons. The first-order valence-electron chi connectivity index (χ1n) is 8.10. The molecule has 1 aromatic carbocycles. The Labute approximate surface area is 156 Å². The molecule has 2 rings (SSSR count). The Morgan fingerprint density at radius 3 is 2.62 bits per heavy atom. The Morgan fingerprint density at radius 1 is 1.31 bits per heavy atom. The maximum atomic E-state index is 12.1. The Hall–Kier alpha value is -2.61. The maximum Gasteiger partial charge on any atom is 0.326 e. The number of amides is 4. The van der Waals surface area contributed by atoms with Crippen molar-refractivity contribution < 1.29 is 23.9 Å². The lowest BCUT2D eigenvalue weighted by Crippen LogP contribution is -2.33. The average Bonchev–Trinajstić information content (AvgIpc) is 2.82. The van der Waals surface area contributed by atoms with Crippen molar-refractivity contribution >= 4 is 41.1 Å². The lowest BCUT2D eigenvalue weighted by molar-refractivity contribution is -0.153. The van der Waals surface area contributed by atoms with E-state index in [0.717, 1.165) is 4.90 Å². The molecule has 0 saturated carbocycles. The van der Waals surface area contributed by atoms with E-state index in [0.29, 0.717) is 10.7 Å². The van der Waals surface area contributed by atoms with Gasteiger partial charge in [-0.1, -0.05) is 23.7 Å². The summed E-state index contributed by atoms with van der Waals surface area (Å²) in [6, 6.07) is 6.34. The van der Waals surface area contributed by atoms with E-state index >= 15 is 0 Å². The number of halogens is 1. The van der Waals surface area contributed by atoms with Crippen molar-refractivity contribution in [1.82, 2.24) is 9.80 Å². The number of anilines is 1. The van der Waals surface area contributed by atoms with Gasteiger partial charge >= 0.3 is 12.0 Å². The summed E-state index contributed by atoms with van der Waals surface area (Å²) in [6.07, 6.45) is -0.743. The number of nitrogens with one attached hydrogen (secondary N) is 1. The molecule has 0 aromatic heterocycles. The molecule has 0 spiro atoms. The Balaban J connectivity index is 1.75. The molecule has 4 amide bonds. The second kappa shape index (κ2) is 8.66. The van der Waals surface area contributed by atoms with Crippen LogP contribution in [0.1, 0.15) is 19.8 Å². The highest BCUT2D eigenvalue weighted by Crippen LogP contribution is 2.20. The van der Waals surface area contributed by atoms with Gasteiger partial charge in [0.25, 0.3) is 5.91 Å². The normalized spacial score (nSPS) is 15.2. The number of rotatable bonds is 7. The Morgan fingerprint density at radius 2 is 2.00 bits per heavy atom. The topological polar surface area (TPSA) is 96.0 Å². The molecule has 0 unspecified atom stereocenters. The average molecular weight is 382 g/mol. The number of urea groups is 1. The fourth-order valence-corrected chi connectivity index (χ4v) is 2.56. The molecule has 1 aliphatic rings. The quantitative estimate of drug-likeness (QED) is 0.574.